The van der Waals surface area contributed by atoms with E-state index in [1.165, 1.54) is 0 Å². The highest BCUT2D eigenvalue weighted by molar-refractivity contribution is 6.34. The monoisotopic (exact) mass is 190 g/mol. The van der Waals surface area contributed by atoms with Gasteiger partial charge < -0.3 is 10.2 Å². The number of benzene rings is 1. The van der Waals surface area contributed by atoms with Crippen molar-refractivity contribution in [2.24, 2.45) is 5.84 Å². The van der Waals surface area contributed by atoms with Gasteiger partial charge in [-0.2, -0.15) is 0 Å². The van der Waals surface area contributed by atoms with Crippen molar-refractivity contribution in [3.8, 4) is 5.75 Å². The quantitative estimate of drug-likeness (QED) is 0.566. The molecule has 1 aromatic carbocycles. The first-order chi connectivity index (χ1) is 5.79. The first-order valence-corrected chi connectivity index (χ1v) is 3.61. The predicted octanol–water partition coefficient (Wildman–Crippen LogP) is 1.93. The van der Waals surface area contributed by atoms with Crippen molar-refractivity contribution in [1.29, 1.82) is 0 Å². The second kappa shape index (κ2) is 4.13. The van der Waals surface area contributed by atoms with E-state index in [9.17, 15) is 4.39 Å². The summed E-state index contributed by atoms with van der Waals surface area (Å²) >= 11 is 5.75. The van der Waals surface area contributed by atoms with Gasteiger partial charge in [0, 0.05) is 0 Å². The van der Waals surface area contributed by atoms with Gasteiger partial charge in [-0.15, -0.1) is 0 Å². The van der Waals surface area contributed by atoms with Gasteiger partial charge in [0.05, 0.1) is 5.69 Å². The molecule has 0 aliphatic heterocycles. The van der Waals surface area contributed by atoms with Gasteiger partial charge >= 0.3 is 0 Å². The predicted molar refractivity (Wildman–Crippen MR) is 45.9 cm³/mol. The molecule has 0 unspecified atom stereocenters. The van der Waals surface area contributed by atoms with E-state index in [2.05, 4.69) is 10.2 Å². The van der Waals surface area contributed by atoms with E-state index in [-0.39, 0.29) is 10.8 Å². The highest BCUT2D eigenvalue weighted by Gasteiger charge is 2.04. The molecular formula is C7H8ClFN2O. The molecule has 0 atom stereocenters. The van der Waals surface area contributed by atoms with E-state index in [1.807, 2.05) is 0 Å². The van der Waals surface area contributed by atoms with Crippen LogP contribution in [0, 0.1) is 0 Å². The molecule has 0 spiro atoms. The number of nitrogens with two attached hydrogens (primary N) is 1. The smallest absolute Gasteiger partial charge is 0.228 e. The Balaban J connectivity index is 2.97. The van der Waals surface area contributed by atoms with Crippen LogP contribution in [0.4, 0.5) is 10.1 Å². The number of nitrogens with one attached hydrogen (secondary N) is 1. The Labute approximate surface area is 74.2 Å². The Kier molecular flexibility index (Phi) is 3.13. The number of rotatable bonds is 3. The maximum absolute atomic E-state index is 11.8. The summed E-state index contributed by atoms with van der Waals surface area (Å²) < 4.78 is 16.3. The van der Waals surface area contributed by atoms with E-state index in [4.69, 9.17) is 17.4 Å². The molecule has 3 nitrogen and oxygen atoms in total. The molecule has 0 aliphatic carbocycles. The first-order valence-electron chi connectivity index (χ1n) is 3.23. The lowest BCUT2D eigenvalue weighted by atomic mass is 10.3. The standard InChI is InChI=1S/C7H8ClFN2O/c8-7-5(11-10)2-1-3-6(7)12-4-9/h1-3,11H,4,10H2. The third-order valence-corrected chi connectivity index (χ3v) is 1.72. The number of hydrogen-bond donors (Lipinski definition) is 2. The minimum absolute atomic E-state index is 0.273. The Bertz CT molecular complexity index is 270. The maximum Gasteiger partial charge on any atom is 0.228 e. The molecule has 0 saturated carbocycles. The summed E-state index contributed by atoms with van der Waals surface area (Å²) in [7, 11) is 0. The normalized spacial score (nSPS) is 9.58. The van der Waals surface area contributed by atoms with Crippen molar-refractivity contribution in [1.82, 2.24) is 0 Å². The molecule has 0 heterocycles. The van der Waals surface area contributed by atoms with E-state index in [0.717, 1.165) is 0 Å². The molecule has 12 heavy (non-hydrogen) atoms. The molecule has 0 amide bonds. The van der Waals surface area contributed by atoms with Crippen LogP contribution in [-0.2, 0) is 0 Å². The summed E-state index contributed by atoms with van der Waals surface area (Å²) in [5.74, 6) is 5.40. The van der Waals surface area contributed by atoms with Crippen LogP contribution in [-0.4, -0.2) is 6.86 Å². The minimum Gasteiger partial charge on any atom is -0.461 e. The van der Waals surface area contributed by atoms with Gasteiger partial charge in [-0.3, -0.25) is 5.84 Å². The van der Waals surface area contributed by atoms with Crippen molar-refractivity contribution < 1.29 is 9.13 Å². The Morgan fingerprint density at radius 2 is 2.33 bits per heavy atom. The van der Waals surface area contributed by atoms with E-state index in [1.54, 1.807) is 18.2 Å². The molecular weight excluding hydrogens is 183 g/mol. The third kappa shape index (κ3) is 1.78. The second-order valence-corrected chi connectivity index (χ2v) is 2.39. The zero-order valence-corrected chi connectivity index (χ0v) is 6.94. The number of anilines is 1. The number of nitrogen functional groups attached to an aromatic ring is 1. The van der Waals surface area contributed by atoms with Gasteiger partial charge in [0.25, 0.3) is 0 Å². The van der Waals surface area contributed by atoms with E-state index < -0.39 is 6.86 Å². The van der Waals surface area contributed by atoms with Crippen molar-refractivity contribution in [3.05, 3.63) is 23.2 Å². The fourth-order valence-electron chi connectivity index (χ4n) is 0.793. The fourth-order valence-corrected chi connectivity index (χ4v) is 1.03. The van der Waals surface area contributed by atoms with Crippen LogP contribution >= 0.6 is 11.6 Å². The molecule has 1 rings (SSSR count). The molecule has 0 saturated heterocycles. The van der Waals surface area contributed by atoms with Crippen molar-refractivity contribution in [2.45, 2.75) is 0 Å². The molecule has 0 aliphatic rings. The molecule has 0 bridgehead atoms. The summed E-state index contributed by atoms with van der Waals surface area (Å²) in [6.07, 6.45) is 0. The Morgan fingerprint density at radius 3 is 2.92 bits per heavy atom. The summed E-state index contributed by atoms with van der Waals surface area (Å²) in [6.45, 7) is -0.909. The number of hydrogen-bond acceptors (Lipinski definition) is 3. The van der Waals surface area contributed by atoms with Crippen molar-refractivity contribution in [3.63, 3.8) is 0 Å². The van der Waals surface area contributed by atoms with Crippen molar-refractivity contribution in [2.75, 3.05) is 12.3 Å². The van der Waals surface area contributed by atoms with Gasteiger partial charge in [-0.25, -0.2) is 4.39 Å². The van der Waals surface area contributed by atoms with Gasteiger partial charge in [-0.05, 0) is 12.1 Å². The van der Waals surface area contributed by atoms with Crippen LogP contribution in [0.3, 0.4) is 0 Å². The molecule has 3 N–H and O–H groups in total. The lowest BCUT2D eigenvalue weighted by Gasteiger charge is -2.07. The van der Waals surface area contributed by atoms with Crippen LogP contribution in [0.2, 0.25) is 5.02 Å². The Hall–Kier alpha value is -1.00. The number of alkyl halides is 1. The zero-order valence-electron chi connectivity index (χ0n) is 6.18. The lowest BCUT2D eigenvalue weighted by molar-refractivity contribution is 0.192. The highest BCUT2D eigenvalue weighted by Crippen LogP contribution is 2.31. The summed E-state index contributed by atoms with van der Waals surface area (Å²) in [5.41, 5.74) is 2.86. The lowest BCUT2D eigenvalue weighted by Crippen LogP contribution is -2.07. The van der Waals surface area contributed by atoms with Crippen LogP contribution in [0.15, 0.2) is 18.2 Å². The van der Waals surface area contributed by atoms with Gasteiger partial charge in [0.15, 0.2) is 0 Å². The van der Waals surface area contributed by atoms with Crippen LogP contribution in [0.25, 0.3) is 0 Å². The fraction of sp³-hybridized carbons (Fsp3) is 0.143. The minimum atomic E-state index is -0.909. The van der Waals surface area contributed by atoms with Gasteiger partial charge in [-0.1, -0.05) is 17.7 Å². The molecule has 0 radical (unpaired) electrons. The Morgan fingerprint density at radius 1 is 1.58 bits per heavy atom. The maximum atomic E-state index is 11.8. The summed E-state index contributed by atoms with van der Waals surface area (Å²) in [5, 5.41) is 0.276. The first kappa shape index (κ1) is 9.09. The third-order valence-electron chi connectivity index (χ3n) is 1.33. The number of halogens is 2. The molecule has 0 fully saturated rings. The molecule has 1 aromatic rings. The average Bonchev–Trinajstić information content (AvgIpc) is 2.09. The van der Waals surface area contributed by atoms with Gasteiger partial charge in [0.2, 0.25) is 6.86 Å². The van der Waals surface area contributed by atoms with Crippen molar-refractivity contribution >= 4 is 17.3 Å². The molecule has 0 aromatic heterocycles. The van der Waals surface area contributed by atoms with E-state index >= 15 is 0 Å². The topological polar surface area (TPSA) is 47.3 Å². The van der Waals surface area contributed by atoms with E-state index in [0.29, 0.717) is 5.69 Å². The second-order valence-electron chi connectivity index (χ2n) is 2.02. The largest absolute Gasteiger partial charge is 0.461 e. The van der Waals surface area contributed by atoms with Crippen LogP contribution in [0.5, 0.6) is 5.75 Å². The summed E-state index contributed by atoms with van der Waals surface area (Å²) in [6, 6.07) is 4.88. The average molecular weight is 191 g/mol. The van der Waals surface area contributed by atoms with Gasteiger partial charge in [0.1, 0.15) is 10.8 Å². The number of ether oxygens (including phenoxy) is 1. The van der Waals surface area contributed by atoms with Crippen LogP contribution in [0.1, 0.15) is 0 Å². The molecule has 66 valence electrons. The zero-order chi connectivity index (χ0) is 8.97. The highest BCUT2D eigenvalue weighted by atomic mass is 35.5. The van der Waals surface area contributed by atoms with Crippen LogP contribution < -0.4 is 16.0 Å². The summed E-state index contributed by atoms with van der Waals surface area (Å²) in [4.78, 5) is 0. The SMILES string of the molecule is NNc1cccc(OCF)c1Cl. The molecule has 5 heteroatoms. The number of hydrazine groups is 1.